The Labute approximate surface area is 151 Å². The Balaban J connectivity index is 2.51. The van der Waals surface area contributed by atoms with Crippen LogP contribution in [-0.2, 0) is 9.53 Å². The van der Waals surface area contributed by atoms with Crippen molar-refractivity contribution in [3.05, 3.63) is 60.0 Å². The van der Waals surface area contributed by atoms with Gasteiger partial charge in [0.25, 0.3) is 5.91 Å². The highest BCUT2D eigenvalue weighted by molar-refractivity contribution is 5.99. The Kier molecular flexibility index (Phi) is 5.98. The number of ether oxygens (including phenoxy) is 1. The third-order valence-electron chi connectivity index (χ3n) is 3.41. The molecule has 0 aliphatic carbocycles. The summed E-state index contributed by atoms with van der Waals surface area (Å²) in [6.07, 6.45) is -4.15. The lowest BCUT2D eigenvalue weighted by Crippen LogP contribution is -2.69. The fourth-order valence-electron chi connectivity index (χ4n) is 2.14. The zero-order valence-electron chi connectivity index (χ0n) is 14.0. The van der Waals surface area contributed by atoms with Crippen molar-refractivity contribution in [3.63, 3.8) is 0 Å². The molecule has 2 rings (SSSR count). The van der Waals surface area contributed by atoms with E-state index in [-0.39, 0.29) is 12.4 Å². The number of halogens is 4. The molecule has 0 saturated carbocycles. The first-order chi connectivity index (χ1) is 12.7. The minimum Gasteiger partial charge on any atom is -0.463 e. The van der Waals surface area contributed by atoms with E-state index < -0.39 is 35.1 Å². The van der Waals surface area contributed by atoms with E-state index in [4.69, 9.17) is 0 Å². The second-order valence-corrected chi connectivity index (χ2v) is 5.24. The van der Waals surface area contributed by atoms with Crippen LogP contribution in [0.5, 0.6) is 0 Å². The van der Waals surface area contributed by atoms with E-state index in [0.717, 1.165) is 18.2 Å². The average molecular weight is 385 g/mol. The maximum absolute atomic E-state index is 13.9. The van der Waals surface area contributed by atoms with Crippen molar-refractivity contribution in [2.75, 3.05) is 11.9 Å². The Hall–Kier alpha value is -3.17. The van der Waals surface area contributed by atoms with Crippen LogP contribution in [0.2, 0.25) is 0 Å². The smallest absolute Gasteiger partial charge is 0.441 e. The number of pyridine rings is 1. The molecule has 1 aromatic heterocycles. The highest BCUT2D eigenvalue weighted by Crippen LogP contribution is 2.33. The zero-order chi connectivity index (χ0) is 20.1. The summed E-state index contributed by atoms with van der Waals surface area (Å²) in [4.78, 5) is 28.2. The summed E-state index contributed by atoms with van der Waals surface area (Å²) in [6, 6.07) is 8.40. The van der Waals surface area contributed by atoms with Crippen molar-refractivity contribution in [2.45, 2.75) is 18.8 Å². The van der Waals surface area contributed by atoms with Crippen LogP contribution in [0.3, 0.4) is 0 Å². The molecule has 1 amide bonds. The van der Waals surface area contributed by atoms with Crippen LogP contribution in [0.25, 0.3) is 0 Å². The molecule has 6 nitrogen and oxygen atoms in total. The highest BCUT2D eigenvalue weighted by atomic mass is 19.4. The van der Waals surface area contributed by atoms with E-state index in [2.05, 4.69) is 9.72 Å². The minimum atomic E-state index is -5.34. The molecular weight excluding hydrogens is 370 g/mol. The summed E-state index contributed by atoms with van der Waals surface area (Å²) in [5.41, 5.74) is -4.34. The van der Waals surface area contributed by atoms with Crippen LogP contribution < -0.4 is 10.6 Å². The Morgan fingerprint density at radius 1 is 1.11 bits per heavy atom. The lowest BCUT2D eigenvalue weighted by atomic mass is 10.1. The predicted octanol–water partition coefficient (Wildman–Crippen LogP) is 2.88. The first kappa shape index (κ1) is 20.1. The first-order valence-electron chi connectivity index (χ1n) is 7.71. The van der Waals surface area contributed by atoms with Gasteiger partial charge in [0.05, 0.1) is 12.2 Å². The van der Waals surface area contributed by atoms with Gasteiger partial charge in [-0.05, 0) is 31.2 Å². The number of amides is 1. The second kappa shape index (κ2) is 8.02. The van der Waals surface area contributed by atoms with Gasteiger partial charge in [-0.2, -0.15) is 13.2 Å². The number of hydrogen-bond acceptors (Lipinski definition) is 5. The number of nitrogens with one attached hydrogen (secondary N) is 2. The lowest BCUT2D eigenvalue weighted by molar-refractivity contribution is -0.204. The number of hydrogen-bond donors (Lipinski definition) is 2. The molecule has 1 atom stereocenters. The minimum absolute atomic E-state index is 0.350. The second-order valence-electron chi connectivity index (χ2n) is 5.24. The molecule has 1 aromatic carbocycles. The maximum Gasteiger partial charge on any atom is 0.441 e. The molecule has 2 N–H and O–H groups in total. The molecule has 144 valence electrons. The fraction of sp³-hybridized carbons (Fsp3) is 0.235. The molecule has 0 radical (unpaired) electrons. The summed E-state index contributed by atoms with van der Waals surface area (Å²) in [5.74, 6) is -4.67. The van der Waals surface area contributed by atoms with Crippen molar-refractivity contribution < 1.29 is 31.9 Å². The molecule has 27 heavy (non-hydrogen) atoms. The molecule has 0 fully saturated rings. The van der Waals surface area contributed by atoms with Crippen molar-refractivity contribution in [2.24, 2.45) is 0 Å². The van der Waals surface area contributed by atoms with Crippen molar-refractivity contribution in [3.8, 4) is 0 Å². The normalized spacial score (nSPS) is 13.4. The molecule has 0 aliphatic heterocycles. The zero-order valence-corrected chi connectivity index (χ0v) is 14.0. The van der Waals surface area contributed by atoms with Crippen LogP contribution in [0.1, 0.15) is 17.3 Å². The number of rotatable bonds is 6. The summed E-state index contributed by atoms with van der Waals surface area (Å²) in [7, 11) is 0. The molecular formula is C17H15F4N3O3. The van der Waals surface area contributed by atoms with Gasteiger partial charge in [-0.25, -0.2) is 14.2 Å². The third kappa shape index (κ3) is 4.33. The number of esters is 1. The van der Waals surface area contributed by atoms with Crippen molar-refractivity contribution in [1.29, 1.82) is 0 Å². The number of alkyl halides is 3. The number of carbonyl (C=O) groups is 2. The lowest BCUT2D eigenvalue weighted by Gasteiger charge is -2.34. The molecule has 0 spiro atoms. The van der Waals surface area contributed by atoms with Crippen molar-refractivity contribution >= 4 is 17.7 Å². The van der Waals surface area contributed by atoms with Crippen LogP contribution in [-0.4, -0.2) is 35.3 Å². The van der Waals surface area contributed by atoms with Crippen LogP contribution in [0, 0.1) is 5.82 Å². The summed E-state index contributed by atoms with van der Waals surface area (Å²) in [6.45, 7) is 0.925. The van der Waals surface area contributed by atoms with E-state index in [1.54, 1.807) is 0 Å². The predicted molar refractivity (Wildman–Crippen MR) is 87.1 cm³/mol. The molecule has 0 aliphatic rings. The first-order valence-corrected chi connectivity index (χ1v) is 7.71. The highest BCUT2D eigenvalue weighted by Gasteiger charge is 2.64. The van der Waals surface area contributed by atoms with Gasteiger partial charge < -0.3 is 15.4 Å². The Morgan fingerprint density at radius 3 is 2.33 bits per heavy atom. The quantitative estimate of drug-likeness (QED) is 0.454. The standard InChI is InChI=1S/C17H15F4N3O3/c1-2-27-15(26)16(17(19,20)21,23-13-9-5-6-10-22-13)24-14(25)11-7-3-4-8-12(11)18/h3-10H,2H2,1H3,(H,22,23)(H,24,25)/t16-/m0/s1. The fourth-order valence-corrected chi connectivity index (χ4v) is 2.14. The van der Waals surface area contributed by atoms with E-state index >= 15 is 0 Å². The van der Waals surface area contributed by atoms with Gasteiger partial charge >= 0.3 is 17.8 Å². The summed E-state index contributed by atoms with van der Waals surface area (Å²) in [5, 5.41) is 3.40. The van der Waals surface area contributed by atoms with Crippen LogP contribution >= 0.6 is 0 Å². The van der Waals surface area contributed by atoms with E-state index in [9.17, 15) is 27.2 Å². The molecule has 0 bridgehead atoms. The topological polar surface area (TPSA) is 80.3 Å². The third-order valence-corrected chi connectivity index (χ3v) is 3.41. The molecule has 0 saturated heterocycles. The van der Waals surface area contributed by atoms with Gasteiger partial charge in [-0.3, -0.25) is 4.79 Å². The SMILES string of the molecule is CCOC(=O)[C@@](NC(=O)c1ccccc1F)(Nc1ccccn1)C(F)(F)F. The van der Waals surface area contributed by atoms with Crippen LogP contribution in [0.15, 0.2) is 48.7 Å². The van der Waals surface area contributed by atoms with Crippen molar-refractivity contribution in [1.82, 2.24) is 10.3 Å². The number of nitrogens with zero attached hydrogens (tertiary/aromatic N) is 1. The Bertz CT molecular complexity index is 815. The Morgan fingerprint density at radius 2 is 1.78 bits per heavy atom. The van der Waals surface area contributed by atoms with Gasteiger partial charge in [-0.1, -0.05) is 18.2 Å². The van der Waals surface area contributed by atoms with E-state index in [0.29, 0.717) is 0 Å². The number of aromatic nitrogens is 1. The molecule has 10 heteroatoms. The van der Waals surface area contributed by atoms with Gasteiger partial charge in [-0.15, -0.1) is 0 Å². The summed E-state index contributed by atoms with van der Waals surface area (Å²) < 4.78 is 60.0. The van der Waals surface area contributed by atoms with E-state index in [1.807, 2.05) is 5.32 Å². The number of anilines is 1. The molecule has 0 unspecified atom stereocenters. The summed E-state index contributed by atoms with van der Waals surface area (Å²) >= 11 is 0. The van der Waals surface area contributed by atoms with Gasteiger partial charge in [0.15, 0.2) is 0 Å². The van der Waals surface area contributed by atoms with E-state index in [1.165, 1.54) is 42.7 Å². The largest absolute Gasteiger partial charge is 0.463 e. The van der Waals surface area contributed by atoms with Crippen LogP contribution in [0.4, 0.5) is 23.4 Å². The number of carbonyl (C=O) groups excluding carboxylic acids is 2. The van der Waals surface area contributed by atoms with Gasteiger partial charge in [0.1, 0.15) is 11.6 Å². The average Bonchev–Trinajstić information content (AvgIpc) is 2.61. The monoisotopic (exact) mass is 385 g/mol. The van der Waals surface area contributed by atoms with Gasteiger partial charge in [0, 0.05) is 6.20 Å². The molecule has 1 heterocycles. The van der Waals surface area contributed by atoms with Gasteiger partial charge in [0.2, 0.25) is 0 Å². The number of benzene rings is 1. The molecule has 2 aromatic rings. The maximum atomic E-state index is 13.9.